The molecule has 2 aromatic carbocycles. The lowest BCUT2D eigenvalue weighted by Gasteiger charge is -2.17. The van der Waals surface area contributed by atoms with Gasteiger partial charge in [-0.15, -0.1) is 0 Å². The van der Waals surface area contributed by atoms with E-state index in [0.29, 0.717) is 24.7 Å². The van der Waals surface area contributed by atoms with Crippen molar-refractivity contribution in [1.29, 1.82) is 0 Å². The first-order valence-electron chi connectivity index (χ1n) is 10.4. The molecule has 166 valence electrons. The van der Waals surface area contributed by atoms with E-state index in [1.165, 1.54) is 0 Å². The summed E-state index contributed by atoms with van der Waals surface area (Å²) in [4.78, 5) is 12.0. The average Bonchev–Trinajstić information content (AvgIpc) is 2.67. The van der Waals surface area contributed by atoms with Crippen LogP contribution in [0.4, 0.5) is 4.79 Å². The minimum atomic E-state index is -1.55. The maximum Gasteiger partial charge on any atom is 0.519 e. The van der Waals surface area contributed by atoms with Crippen molar-refractivity contribution in [3.05, 3.63) is 59.7 Å². The van der Waals surface area contributed by atoms with Crippen LogP contribution >= 0.6 is 0 Å². The molecule has 0 amide bonds. The summed E-state index contributed by atoms with van der Waals surface area (Å²) in [5.41, 5.74) is 2.08. The zero-order chi connectivity index (χ0) is 22.8. The average molecular weight is 449 g/mol. The molecule has 0 saturated heterocycles. The number of hydrogen-bond acceptors (Lipinski definition) is 5. The number of ether oxygens (including phenoxy) is 2. The smallest absolute Gasteiger partial charge is 0.413 e. The molecule has 2 rings (SSSR count). The lowest BCUT2D eigenvalue weighted by Crippen LogP contribution is -2.24. The molecule has 30 heavy (non-hydrogen) atoms. The molecule has 0 fully saturated rings. The molecule has 0 heterocycles. The van der Waals surface area contributed by atoms with Crippen molar-refractivity contribution >= 4 is 22.8 Å². The second-order valence-electron chi connectivity index (χ2n) is 8.54. The lowest BCUT2D eigenvalue weighted by molar-refractivity contribution is 0.152. The van der Waals surface area contributed by atoms with Crippen molar-refractivity contribution in [3.63, 3.8) is 0 Å². The molecule has 0 unspecified atom stereocenters. The third-order valence-corrected chi connectivity index (χ3v) is 5.61. The van der Waals surface area contributed by atoms with Gasteiger partial charge in [0, 0.05) is 0 Å². The van der Waals surface area contributed by atoms with Crippen LogP contribution in [0.2, 0.25) is 39.3 Å². The van der Waals surface area contributed by atoms with Crippen LogP contribution in [0.1, 0.15) is 25.0 Å². The zero-order valence-corrected chi connectivity index (χ0v) is 21.6. The van der Waals surface area contributed by atoms with E-state index in [4.69, 9.17) is 18.3 Å². The highest BCUT2D eigenvalue weighted by Gasteiger charge is 2.15. The number of carbonyl (C=O) groups is 1. The molecule has 7 heteroatoms. The Balaban J connectivity index is 0.00000218. The number of rotatable bonds is 8. The Morgan fingerprint density at radius 1 is 0.633 bits per heavy atom. The highest BCUT2D eigenvalue weighted by atomic mass is 28.4. The number of carbonyl (C=O) groups excluding carboxylic acids is 1. The second-order valence-corrected chi connectivity index (χ2v) is 17.6. The van der Waals surface area contributed by atoms with Crippen LogP contribution in [0.5, 0.6) is 11.5 Å². The van der Waals surface area contributed by atoms with Crippen LogP contribution in [-0.2, 0) is 22.1 Å². The Morgan fingerprint density at radius 2 is 0.933 bits per heavy atom. The highest BCUT2D eigenvalue weighted by Crippen LogP contribution is 2.18. The van der Waals surface area contributed by atoms with Gasteiger partial charge >= 0.3 is 6.16 Å². The number of benzene rings is 2. The van der Waals surface area contributed by atoms with E-state index in [-0.39, 0.29) is 0 Å². The summed E-state index contributed by atoms with van der Waals surface area (Å²) in [5.74, 6) is 0.865. The van der Waals surface area contributed by atoms with Gasteiger partial charge in [-0.1, -0.05) is 38.1 Å². The van der Waals surface area contributed by atoms with Gasteiger partial charge in [0.05, 0.1) is 13.2 Å². The van der Waals surface area contributed by atoms with E-state index >= 15 is 0 Å². The normalized spacial score (nSPS) is 11.3. The molecule has 0 bridgehead atoms. The first kappa shape index (κ1) is 26.1. The van der Waals surface area contributed by atoms with Crippen molar-refractivity contribution in [2.45, 2.75) is 66.3 Å². The Morgan fingerprint density at radius 3 is 1.20 bits per heavy atom. The van der Waals surface area contributed by atoms with Gasteiger partial charge in [-0.05, 0) is 74.7 Å². The first-order chi connectivity index (χ1) is 14.0. The second kappa shape index (κ2) is 12.0. The summed E-state index contributed by atoms with van der Waals surface area (Å²) in [5, 5.41) is 0. The van der Waals surface area contributed by atoms with Crippen molar-refractivity contribution in [3.8, 4) is 11.5 Å². The standard InChI is InChI=1S/C21H30O5Si2.C2H6/c1-27(2,3)23-15-17-7-11-19(12-8-17)25-21(22)26-20-13-9-18(10-14-20)16-24-28(4,5)6;1-2/h7-14H,15-16H2,1-6H3;1-2H3. The van der Waals surface area contributed by atoms with Gasteiger partial charge in [-0.25, -0.2) is 4.79 Å². The molecular weight excluding hydrogens is 412 g/mol. The molecular formula is C23H36O5Si2. The van der Waals surface area contributed by atoms with Gasteiger partial charge in [0.15, 0.2) is 16.6 Å². The molecule has 0 aromatic heterocycles. The van der Waals surface area contributed by atoms with Crippen molar-refractivity contribution < 1.29 is 23.1 Å². The molecule has 0 N–H and O–H groups in total. The summed E-state index contributed by atoms with van der Waals surface area (Å²) >= 11 is 0. The molecule has 2 aromatic rings. The fourth-order valence-electron chi connectivity index (χ4n) is 2.12. The Labute approximate surface area is 183 Å². The number of hydrogen-bond donors (Lipinski definition) is 0. The molecule has 0 aliphatic heterocycles. The van der Waals surface area contributed by atoms with Gasteiger partial charge in [-0.3, -0.25) is 0 Å². The molecule has 0 atom stereocenters. The minimum absolute atomic E-state index is 0.432. The third kappa shape index (κ3) is 11.3. The van der Waals surface area contributed by atoms with Gasteiger partial charge in [-0.2, -0.15) is 0 Å². The quantitative estimate of drug-likeness (QED) is 0.247. The largest absolute Gasteiger partial charge is 0.519 e. The maximum absolute atomic E-state index is 12.0. The Hall–Kier alpha value is -1.94. The molecule has 0 aliphatic carbocycles. The predicted octanol–water partition coefficient (Wildman–Crippen LogP) is 6.99. The summed E-state index contributed by atoms with van der Waals surface area (Å²) in [6.07, 6.45) is -0.766. The fourth-order valence-corrected chi connectivity index (χ4v) is 3.32. The predicted molar refractivity (Wildman–Crippen MR) is 127 cm³/mol. The van der Waals surface area contributed by atoms with Gasteiger partial charge in [0.1, 0.15) is 11.5 Å². The van der Waals surface area contributed by atoms with Crippen molar-refractivity contribution in [1.82, 2.24) is 0 Å². The van der Waals surface area contributed by atoms with E-state index in [2.05, 4.69) is 39.3 Å². The summed E-state index contributed by atoms with van der Waals surface area (Å²) in [7, 11) is -3.11. The van der Waals surface area contributed by atoms with Crippen LogP contribution in [0.15, 0.2) is 48.5 Å². The highest BCUT2D eigenvalue weighted by molar-refractivity contribution is 6.70. The van der Waals surface area contributed by atoms with Gasteiger partial charge < -0.3 is 18.3 Å². The van der Waals surface area contributed by atoms with Crippen LogP contribution in [0.25, 0.3) is 0 Å². The van der Waals surface area contributed by atoms with Crippen LogP contribution in [-0.4, -0.2) is 22.8 Å². The summed E-state index contributed by atoms with van der Waals surface area (Å²) in [6, 6.07) is 14.5. The Bertz CT molecular complexity index is 695. The summed E-state index contributed by atoms with van der Waals surface area (Å²) in [6.45, 7) is 18.0. The van der Waals surface area contributed by atoms with E-state index in [1.54, 1.807) is 24.3 Å². The summed E-state index contributed by atoms with van der Waals surface area (Å²) < 4.78 is 22.2. The third-order valence-electron chi connectivity index (χ3n) is 3.59. The van der Waals surface area contributed by atoms with Crippen molar-refractivity contribution in [2.24, 2.45) is 0 Å². The minimum Gasteiger partial charge on any atom is -0.413 e. The van der Waals surface area contributed by atoms with E-state index in [9.17, 15) is 4.79 Å². The van der Waals surface area contributed by atoms with Gasteiger partial charge in [0.2, 0.25) is 0 Å². The first-order valence-corrected chi connectivity index (χ1v) is 17.2. The Kier molecular flexibility index (Phi) is 10.5. The zero-order valence-electron chi connectivity index (χ0n) is 19.6. The molecule has 0 radical (unpaired) electrons. The maximum atomic E-state index is 12.0. The molecule has 5 nitrogen and oxygen atoms in total. The van der Waals surface area contributed by atoms with Crippen molar-refractivity contribution in [2.75, 3.05) is 0 Å². The topological polar surface area (TPSA) is 54.0 Å². The SMILES string of the molecule is CC.C[Si](C)(C)OCc1ccc(OC(=O)Oc2ccc(CO[Si](C)(C)C)cc2)cc1. The molecule has 0 spiro atoms. The van der Waals surface area contributed by atoms with Gasteiger partial charge in [0.25, 0.3) is 0 Å². The van der Waals surface area contributed by atoms with E-state index in [1.807, 2.05) is 38.1 Å². The monoisotopic (exact) mass is 448 g/mol. The molecule has 0 aliphatic rings. The lowest BCUT2D eigenvalue weighted by atomic mass is 10.2. The van der Waals surface area contributed by atoms with Crippen LogP contribution < -0.4 is 9.47 Å². The van der Waals surface area contributed by atoms with E-state index < -0.39 is 22.8 Å². The van der Waals surface area contributed by atoms with E-state index in [0.717, 1.165) is 11.1 Å². The van der Waals surface area contributed by atoms with Crippen LogP contribution in [0.3, 0.4) is 0 Å². The molecule has 0 saturated carbocycles. The fraction of sp³-hybridized carbons (Fsp3) is 0.435. The van der Waals surface area contributed by atoms with Crippen LogP contribution in [0, 0.1) is 0 Å².